The van der Waals surface area contributed by atoms with Crippen molar-refractivity contribution in [2.24, 2.45) is 5.73 Å². The van der Waals surface area contributed by atoms with Crippen molar-refractivity contribution in [1.82, 2.24) is 10.2 Å². The van der Waals surface area contributed by atoms with Crippen molar-refractivity contribution in [3.05, 3.63) is 35.9 Å². The van der Waals surface area contributed by atoms with Crippen LogP contribution in [0.4, 0.5) is 0 Å². The van der Waals surface area contributed by atoms with Crippen LogP contribution in [0.3, 0.4) is 0 Å². The standard InChI is InChI=1S/C16H25N3O2/c1-3-13(2)18-11-16(21)19(10-9-15(17)20)12-14-7-5-4-6-8-14/h4-8,13,18H,3,9-12H2,1-2H3,(H2,17,20). The fourth-order valence-corrected chi connectivity index (χ4v) is 1.86. The third kappa shape index (κ3) is 6.90. The average molecular weight is 291 g/mol. The molecule has 21 heavy (non-hydrogen) atoms. The van der Waals surface area contributed by atoms with Crippen molar-refractivity contribution in [1.29, 1.82) is 0 Å². The van der Waals surface area contributed by atoms with Crippen LogP contribution in [0.15, 0.2) is 30.3 Å². The number of rotatable bonds is 9. The van der Waals surface area contributed by atoms with Gasteiger partial charge in [0.25, 0.3) is 0 Å². The van der Waals surface area contributed by atoms with Crippen LogP contribution in [-0.2, 0) is 16.1 Å². The highest BCUT2D eigenvalue weighted by molar-refractivity contribution is 5.79. The van der Waals surface area contributed by atoms with Gasteiger partial charge in [0.15, 0.2) is 0 Å². The molecule has 0 radical (unpaired) electrons. The van der Waals surface area contributed by atoms with E-state index in [9.17, 15) is 9.59 Å². The van der Waals surface area contributed by atoms with Crippen LogP contribution in [-0.4, -0.2) is 35.8 Å². The lowest BCUT2D eigenvalue weighted by Gasteiger charge is -2.23. The van der Waals surface area contributed by atoms with Gasteiger partial charge in [-0.1, -0.05) is 37.3 Å². The molecule has 1 rings (SSSR count). The summed E-state index contributed by atoms with van der Waals surface area (Å²) in [5, 5.41) is 3.18. The molecule has 1 aromatic carbocycles. The largest absolute Gasteiger partial charge is 0.370 e. The zero-order valence-electron chi connectivity index (χ0n) is 12.8. The zero-order valence-corrected chi connectivity index (χ0v) is 12.8. The van der Waals surface area contributed by atoms with Gasteiger partial charge in [-0.3, -0.25) is 9.59 Å². The lowest BCUT2D eigenvalue weighted by Crippen LogP contribution is -2.41. The lowest BCUT2D eigenvalue weighted by molar-refractivity contribution is -0.131. The van der Waals surface area contributed by atoms with Gasteiger partial charge in [-0.05, 0) is 18.9 Å². The summed E-state index contributed by atoms with van der Waals surface area (Å²) in [5.74, 6) is -0.406. The van der Waals surface area contributed by atoms with Crippen LogP contribution in [0.1, 0.15) is 32.3 Å². The predicted octanol–water partition coefficient (Wildman–Crippen LogP) is 1.28. The highest BCUT2D eigenvalue weighted by Crippen LogP contribution is 2.05. The Morgan fingerprint density at radius 3 is 2.52 bits per heavy atom. The Labute approximate surface area is 126 Å². The van der Waals surface area contributed by atoms with Crippen molar-refractivity contribution in [2.75, 3.05) is 13.1 Å². The summed E-state index contributed by atoms with van der Waals surface area (Å²) >= 11 is 0. The number of benzene rings is 1. The summed E-state index contributed by atoms with van der Waals surface area (Å²) in [4.78, 5) is 24.9. The molecular weight excluding hydrogens is 266 g/mol. The molecule has 0 aliphatic heterocycles. The first kappa shape index (κ1) is 17.2. The fraction of sp³-hybridized carbons (Fsp3) is 0.500. The number of carbonyl (C=O) groups excluding carboxylic acids is 2. The van der Waals surface area contributed by atoms with E-state index < -0.39 is 5.91 Å². The average Bonchev–Trinajstić information content (AvgIpc) is 2.49. The van der Waals surface area contributed by atoms with E-state index in [1.54, 1.807) is 4.90 Å². The van der Waals surface area contributed by atoms with Crippen LogP contribution in [0, 0.1) is 0 Å². The van der Waals surface area contributed by atoms with Crippen molar-refractivity contribution < 1.29 is 9.59 Å². The van der Waals surface area contributed by atoms with Crippen molar-refractivity contribution in [2.45, 2.75) is 39.3 Å². The number of hydrogen-bond acceptors (Lipinski definition) is 3. The minimum Gasteiger partial charge on any atom is -0.370 e. The maximum Gasteiger partial charge on any atom is 0.236 e. The van der Waals surface area contributed by atoms with E-state index in [1.807, 2.05) is 37.3 Å². The molecule has 1 aromatic rings. The molecule has 0 fully saturated rings. The number of carbonyl (C=O) groups is 2. The number of nitrogens with zero attached hydrogens (tertiary/aromatic N) is 1. The molecule has 0 aliphatic carbocycles. The molecule has 0 aromatic heterocycles. The topological polar surface area (TPSA) is 75.4 Å². The Bertz CT molecular complexity index is 448. The molecule has 0 spiro atoms. The van der Waals surface area contributed by atoms with E-state index in [-0.39, 0.29) is 18.9 Å². The van der Waals surface area contributed by atoms with Crippen LogP contribution < -0.4 is 11.1 Å². The Kier molecular flexibility index (Phi) is 7.46. The molecule has 1 atom stereocenters. The second-order valence-electron chi connectivity index (χ2n) is 5.21. The molecule has 3 N–H and O–H groups in total. The second-order valence-corrected chi connectivity index (χ2v) is 5.21. The summed E-state index contributed by atoms with van der Waals surface area (Å²) < 4.78 is 0. The summed E-state index contributed by atoms with van der Waals surface area (Å²) in [7, 11) is 0. The molecule has 0 heterocycles. The van der Waals surface area contributed by atoms with Gasteiger partial charge in [0.1, 0.15) is 0 Å². The highest BCUT2D eigenvalue weighted by Gasteiger charge is 2.15. The van der Waals surface area contributed by atoms with Crippen LogP contribution >= 0.6 is 0 Å². The van der Waals surface area contributed by atoms with E-state index in [2.05, 4.69) is 12.2 Å². The predicted molar refractivity (Wildman–Crippen MR) is 83.4 cm³/mol. The Balaban J connectivity index is 2.62. The van der Waals surface area contributed by atoms with Crippen molar-refractivity contribution in [3.8, 4) is 0 Å². The SMILES string of the molecule is CCC(C)NCC(=O)N(CCC(N)=O)Cc1ccccc1. The fourth-order valence-electron chi connectivity index (χ4n) is 1.86. The number of nitrogens with two attached hydrogens (primary N) is 1. The minimum absolute atomic E-state index is 0.0135. The smallest absolute Gasteiger partial charge is 0.236 e. The third-order valence-electron chi connectivity index (χ3n) is 3.41. The van der Waals surface area contributed by atoms with Crippen LogP contribution in [0.2, 0.25) is 0 Å². The molecule has 0 aliphatic rings. The summed E-state index contributed by atoms with van der Waals surface area (Å²) in [6, 6.07) is 10.0. The van der Waals surface area contributed by atoms with Crippen LogP contribution in [0.5, 0.6) is 0 Å². The normalized spacial score (nSPS) is 11.9. The maximum atomic E-state index is 12.3. The van der Waals surface area contributed by atoms with Gasteiger partial charge in [0.2, 0.25) is 11.8 Å². The van der Waals surface area contributed by atoms with Gasteiger partial charge in [-0.2, -0.15) is 0 Å². The van der Waals surface area contributed by atoms with Crippen LogP contribution in [0.25, 0.3) is 0 Å². The van der Waals surface area contributed by atoms with Crippen molar-refractivity contribution in [3.63, 3.8) is 0 Å². The number of nitrogens with one attached hydrogen (secondary N) is 1. The summed E-state index contributed by atoms with van der Waals surface area (Å²) in [6.45, 7) is 5.23. The number of primary amides is 1. The lowest BCUT2D eigenvalue weighted by atomic mass is 10.2. The first-order chi connectivity index (χ1) is 10.0. The molecule has 0 bridgehead atoms. The Morgan fingerprint density at radius 1 is 1.29 bits per heavy atom. The van der Waals surface area contributed by atoms with Gasteiger partial charge >= 0.3 is 0 Å². The van der Waals surface area contributed by atoms with E-state index in [4.69, 9.17) is 5.73 Å². The summed E-state index contributed by atoms with van der Waals surface area (Å²) in [6.07, 6.45) is 1.15. The van der Waals surface area contributed by atoms with E-state index in [1.165, 1.54) is 0 Å². The highest BCUT2D eigenvalue weighted by atomic mass is 16.2. The number of hydrogen-bond donors (Lipinski definition) is 2. The third-order valence-corrected chi connectivity index (χ3v) is 3.41. The molecular formula is C16H25N3O2. The van der Waals surface area contributed by atoms with E-state index >= 15 is 0 Å². The van der Waals surface area contributed by atoms with Gasteiger partial charge in [0.05, 0.1) is 6.54 Å². The maximum absolute atomic E-state index is 12.3. The number of amides is 2. The van der Waals surface area contributed by atoms with E-state index in [0.717, 1.165) is 12.0 Å². The quantitative estimate of drug-likeness (QED) is 0.719. The van der Waals surface area contributed by atoms with E-state index in [0.29, 0.717) is 19.1 Å². The molecule has 1 unspecified atom stereocenters. The summed E-state index contributed by atoms with van der Waals surface area (Å²) in [5.41, 5.74) is 6.23. The van der Waals surface area contributed by atoms with Gasteiger partial charge in [-0.25, -0.2) is 0 Å². The molecule has 0 saturated carbocycles. The molecule has 5 nitrogen and oxygen atoms in total. The molecule has 2 amide bonds. The van der Waals surface area contributed by atoms with Gasteiger partial charge in [-0.15, -0.1) is 0 Å². The Hall–Kier alpha value is -1.88. The zero-order chi connectivity index (χ0) is 15.7. The minimum atomic E-state index is -0.393. The molecule has 116 valence electrons. The first-order valence-corrected chi connectivity index (χ1v) is 7.36. The van der Waals surface area contributed by atoms with Gasteiger partial charge in [0, 0.05) is 25.6 Å². The monoisotopic (exact) mass is 291 g/mol. The second kappa shape index (κ2) is 9.13. The van der Waals surface area contributed by atoms with Crippen molar-refractivity contribution >= 4 is 11.8 Å². The Morgan fingerprint density at radius 2 is 1.95 bits per heavy atom. The molecule has 0 saturated heterocycles. The first-order valence-electron chi connectivity index (χ1n) is 7.36. The van der Waals surface area contributed by atoms with Gasteiger partial charge < -0.3 is 16.0 Å². The molecule has 5 heteroatoms.